The highest BCUT2D eigenvalue weighted by Gasteiger charge is 2.26. The van der Waals surface area contributed by atoms with Crippen LogP contribution in [0.4, 0.5) is 10.3 Å². The summed E-state index contributed by atoms with van der Waals surface area (Å²) in [6.45, 7) is 1.67. The zero-order valence-electron chi connectivity index (χ0n) is 18.2. The van der Waals surface area contributed by atoms with Crippen LogP contribution in [0.3, 0.4) is 0 Å². The number of aromatic nitrogens is 6. The van der Waals surface area contributed by atoms with E-state index in [2.05, 4.69) is 20.1 Å². The summed E-state index contributed by atoms with van der Waals surface area (Å²) in [5, 5.41) is 12.8. The Morgan fingerprint density at radius 1 is 1.09 bits per heavy atom. The number of rotatable bonds is 5. The summed E-state index contributed by atoms with van der Waals surface area (Å²) in [6, 6.07) is 15.9. The molecule has 5 rings (SSSR count). The molecule has 0 aliphatic heterocycles. The monoisotopic (exact) mass is 458 g/mol. The number of pyridine rings is 2. The molecule has 0 bridgehead atoms. The zero-order chi connectivity index (χ0) is 23.8. The molecule has 0 fully saturated rings. The van der Waals surface area contributed by atoms with Crippen LogP contribution in [0.5, 0.6) is 0 Å². The molecular formula is C24H21FN7O2+. The number of nitrogens with zero attached hydrogens (tertiary/aromatic N) is 5. The lowest BCUT2D eigenvalue weighted by atomic mass is 9.99. The fourth-order valence-corrected chi connectivity index (χ4v) is 3.96. The molecule has 0 aliphatic carbocycles. The van der Waals surface area contributed by atoms with Gasteiger partial charge in [0.25, 0.3) is 0 Å². The molecule has 4 N–H and O–H groups in total. The number of aromatic amines is 1. The topological polar surface area (TPSA) is 127 Å². The lowest BCUT2D eigenvalue weighted by Gasteiger charge is -2.10. The molecule has 0 spiro atoms. The molecule has 5 aromatic rings. The normalized spacial score (nSPS) is 11.3. The predicted octanol–water partition coefficient (Wildman–Crippen LogP) is 2.00. The number of nitrogens with two attached hydrogens (primary N) is 1. The van der Waals surface area contributed by atoms with Gasteiger partial charge >= 0.3 is 11.6 Å². The standard InChI is InChI=1S/C24H20FN7O2/c1-14-9-16(10-19(13-33)28-14)20-21(15-5-3-2-4-6-15)29-23(26)32-22(20)30-31(24(32)34)12-18-8-7-17(25)11-27-18/h2-11,33H,12-13H2,1H3,(H2,26,28,29,30)/p+1. The molecular weight excluding hydrogens is 437 g/mol. The third kappa shape index (κ3) is 3.80. The van der Waals surface area contributed by atoms with Crippen LogP contribution in [0.25, 0.3) is 28.0 Å². The van der Waals surface area contributed by atoms with Gasteiger partial charge in [-0.2, -0.15) is 4.68 Å². The van der Waals surface area contributed by atoms with E-state index in [1.54, 1.807) is 6.07 Å². The van der Waals surface area contributed by atoms with E-state index in [9.17, 15) is 14.3 Å². The lowest BCUT2D eigenvalue weighted by molar-refractivity contribution is -0.516. The summed E-state index contributed by atoms with van der Waals surface area (Å²) in [6.07, 6.45) is 1.10. The smallest absolute Gasteiger partial charge is 0.390 e. The molecule has 0 saturated heterocycles. The maximum Gasteiger partial charge on any atom is 0.428 e. The van der Waals surface area contributed by atoms with Gasteiger partial charge in [-0.1, -0.05) is 30.3 Å². The van der Waals surface area contributed by atoms with Crippen LogP contribution >= 0.6 is 0 Å². The Kier molecular flexibility index (Phi) is 5.34. The summed E-state index contributed by atoms with van der Waals surface area (Å²) in [5.41, 5.74) is 10.6. The Hall–Kier alpha value is -4.44. The second-order valence-corrected chi connectivity index (χ2v) is 7.84. The molecule has 0 radical (unpaired) electrons. The van der Waals surface area contributed by atoms with E-state index in [1.807, 2.05) is 43.3 Å². The van der Waals surface area contributed by atoms with Gasteiger partial charge in [0.15, 0.2) is 0 Å². The van der Waals surface area contributed by atoms with Crippen molar-refractivity contribution in [3.05, 3.63) is 94.2 Å². The van der Waals surface area contributed by atoms with Gasteiger partial charge in [-0.05, 0) is 36.8 Å². The number of aryl methyl sites for hydroxylation is 1. The number of hydrogen-bond acceptors (Lipinski definition) is 6. The van der Waals surface area contributed by atoms with Gasteiger partial charge < -0.3 is 10.8 Å². The minimum Gasteiger partial charge on any atom is -0.390 e. The van der Waals surface area contributed by atoms with Crippen LogP contribution in [0, 0.1) is 12.7 Å². The predicted molar refractivity (Wildman–Crippen MR) is 123 cm³/mol. The second-order valence-electron chi connectivity index (χ2n) is 7.84. The number of nitrogen functional groups attached to an aromatic ring is 1. The highest BCUT2D eigenvalue weighted by atomic mass is 19.1. The largest absolute Gasteiger partial charge is 0.428 e. The summed E-state index contributed by atoms with van der Waals surface area (Å²) >= 11 is 0. The molecule has 9 nitrogen and oxygen atoms in total. The molecule has 4 heterocycles. The van der Waals surface area contributed by atoms with E-state index in [4.69, 9.17) is 5.73 Å². The molecule has 0 atom stereocenters. The van der Waals surface area contributed by atoms with Gasteiger partial charge in [0, 0.05) is 11.3 Å². The van der Waals surface area contributed by atoms with Crippen molar-refractivity contribution in [2.45, 2.75) is 20.1 Å². The summed E-state index contributed by atoms with van der Waals surface area (Å²) in [7, 11) is 0. The Balaban J connectivity index is 1.81. The van der Waals surface area contributed by atoms with Crippen molar-refractivity contribution in [2.24, 2.45) is 0 Å². The molecule has 34 heavy (non-hydrogen) atoms. The summed E-state index contributed by atoms with van der Waals surface area (Å²) < 4.78 is 15.9. The van der Waals surface area contributed by atoms with Crippen molar-refractivity contribution >= 4 is 11.6 Å². The average molecular weight is 458 g/mol. The van der Waals surface area contributed by atoms with Gasteiger partial charge in [-0.3, -0.25) is 9.97 Å². The third-order valence-electron chi connectivity index (χ3n) is 5.43. The number of aliphatic hydroxyl groups excluding tert-OH is 1. The Morgan fingerprint density at radius 3 is 2.59 bits per heavy atom. The van der Waals surface area contributed by atoms with Crippen LogP contribution in [0.2, 0.25) is 0 Å². The maximum atomic E-state index is 13.3. The fourth-order valence-electron chi connectivity index (χ4n) is 3.96. The van der Waals surface area contributed by atoms with E-state index < -0.39 is 11.5 Å². The van der Waals surface area contributed by atoms with Crippen molar-refractivity contribution in [3.8, 4) is 22.4 Å². The molecule has 0 saturated carbocycles. The van der Waals surface area contributed by atoms with Crippen LogP contribution in [0.15, 0.2) is 65.6 Å². The van der Waals surface area contributed by atoms with E-state index in [0.29, 0.717) is 39.5 Å². The van der Waals surface area contributed by atoms with Gasteiger partial charge in [0.1, 0.15) is 18.1 Å². The highest BCUT2D eigenvalue weighted by molar-refractivity contribution is 5.88. The van der Waals surface area contributed by atoms with Crippen molar-refractivity contribution in [1.29, 1.82) is 0 Å². The van der Waals surface area contributed by atoms with Gasteiger partial charge in [0.2, 0.25) is 5.65 Å². The molecule has 10 heteroatoms. The first-order chi connectivity index (χ1) is 16.4. The Labute approximate surface area is 193 Å². The number of anilines is 1. The number of fused-ring (bicyclic) bond motifs is 1. The van der Waals surface area contributed by atoms with Crippen LogP contribution in [-0.4, -0.2) is 29.8 Å². The minimum absolute atomic E-state index is 0.0119. The lowest BCUT2D eigenvalue weighted by Crippen LogP contribution is -2.44. The van der Waals surface area contributed by atoms with Gasteiger partial charge in [0.05, 0.1) is 29.8 Å². The highest BCUT2D eigenvalue weighted by Crippen LogP contribution is 2.33. The number of benzene rings is 1. The quantitative estimate of drug-likeness (QED) is 0.346. The van der Waals surface area contributed by atoms with Crippen LogP contribution in [-0.2, 0) is 13.2 Å². The van der Waals surface area contributed by atoms with E-state index in [-0.39, 0.29) is 19.1 Å². The van der Waals surface area contributed by atoms with Crippen molar-refractivity contribution in [1.82, 2.24) is 24.7 Å². The molecule has 4 aromatic heterocycles. The summed E-state index contributed by atoms with van der Waals surface area (Å²) in [5.74, 6) is -0.448. The maximum absolute atomic E-state index is 13.3. The first-order valence-electron chi connectivity index (χ1n) is 10.5. The van der Waals surface area contributed by atoms with Crippen LogP contribution in [0.1, 0.15) is 17.1 Å². The van der Waals surface area contributed by atoms with E-state index in [0.717, 1.165) is 11.8 Å². The first kappa shape index (κ1) is 21.4. The molecule has 0 aliphatic rings. The van der Waals surface area contributed by atoms with Gasteiger partial charge in [-0.25, -0.2) is 14.3 Å². The van der Waals surface area contributed by atoms with Crippen molar-refractivity contribution in [2.75, 3.05) is 5.73 Å². The number of H-pyrrole nitrogens is 1. The SMILES string of the molecule is Cc1cc(-c2c(-c3ccccc3)nc(N)[n+]3c(=O)n(Cc4ccc(F)cn4)[nH]c23)cc(CO)n1. The molecule has 170 valence electrons. The minimum atomic E-state index is -0.460. The zero-order valence-corrected chi connectivity index (χ0v) is 18.2. The van der Waals surface area contributed by atoms with Crippen molar-refractivity contribution in [3.63, 3.8) is 0 Å². The number of aliphatic hydroxyl groups is 1. The first-order valence-corrected chi connectivity index (χ1v) is 10.5. The molecule has 1 aromatic carbocycles. The Morgan fingerprint density at radius 2 is 1.88 bits per heavy atom. The molecule has 0 amide bonds. The van der Waals surface area contributed by atoms with Crippen LogP contribution < -0.4 is 15.8 Å². The second kappa shape index (κ2) is 8.49. The number of nitrogens with one attached hydrogen (secondary N) is 1. The number of halogens is 1. The van der Waals surface area contributed by atoms with Gasteiger partial charge in [-0.15, -0.1) is 9.38 Å². The fraction of sp³-hybridized carbons (Fsp3) is 0.125. The summed E-state index contributed by atoms with van der Waals surface area (Å²) in [4.78, 5) is 26.2. The Bertz CT molecular complexity index is 1560. The number of hydrogen-bond donors (Lipinski definition) is 3. The molecule has 0 unspecified atom stereocenters. The third-order valence-corrected chi connectivity index (χ3v) is 5.43. The van der Waals surface area contributed by atoms with E-state index >= 15 is 0 Å². The van der Waals surface area contributed by atoms with E-state index in [1.165, 1.54) is 21.2 Å². The average Bonchev–Trinajstić information content (AvgIpc) is 3.16. The van der Waals surface area contributed by atoms with Crippen molar-refractivity contribution < 1.29 is 13.9 Å².